The fourth-order valence-electron chi connectivity index (χ4n) is 1.88. The van der Waals surface area contributed by atoms with Gasteiger partial charge < -0.3 is 5.73 Å². The summed E-state index contributed by atoms with van der Waals surface area (Å²) in [6.07, 6.45) is 0. The highest BCUT2D eigenvalue weighted by Gasteiger charge is 2.12. The van der Waals surface area contributed by atoms with Crippen LogP contribution in [-0.4, -0.2) is 0 Å². The Bertz CT molecular complexity index is 538. The molecule has 100 valence electrons. The minimum Gasteiger partial charge on any atom is -0.398 e. The van der Waals surface area contributed by atoms with E-state index >= 15 is 0 Å². The Morgan fingerprint density at radius 3 is 2.16 bits per heavy atom. The zero-order valence-electron chi connectivity index (χ0n) is 11.8. The molecule has 2 aromatic rings. The molecule has 2 heteroatoms. The quantitative estimate of drug-likeness (QED) is 0.637. The summed E-state index contributed by atoms with van der Waals surface area (Å²) in [5, 5.41) is 0. The molecule has 0 saturated heterocycles. The summed E-state index contributed by atoms with van der Waals surface area (Å²) in [6, 6.07) is 16.9. The third-order valence-corrected chi connectivity index (χ3v) is 4.23. The molecule has 0 heterocycles. The third kappa shape index (κ3) is 3.77. The van der Waals surface area contributed by atoms with Crippen LogP contribution >= 0.6 is 11.8 Å². The zero-order valence-corrected chi connectivity index (χ0v) is 12.6. The van der Waals surface area contributed by atoms with E-state index < -0.39 is 0 Å². The van der Waals surface area contributed by atoms with Gasteiger partial charge in [0.1, 0.15) is 0 Å². The number of para-hydroxylation sites is 1. The van der Waals surface area contributed by atoms with E-state index in [9.17, 15) is 0 Å². The summed E-state index contributed by atoms with van der Waals surface area (Å²) in [4.78, 5) is 1.29. The molecule has 0 fully saturated rings. The van der Waals surface area contributed by atoms with Crippen molar-refractivity contribution < 1.29 is 0 Å². The molecule has 0 atom stereocenters. The summed E-state index contributed by atoms with van der Waals surface area (Å²) in [5.74, 6) is 0.918. The van der Waals surface area contributed by atoms with Crippen molar-refractivity contribution in [3.8, 4) is 0 Å². The van der Waals surface area contributed by atoms with Crippen molar-refractivity contribution in [1.82, 2.24) is 0 Å². The number of hydrogen-bond acceptors (Lipinski definition) is 2. The van der Waals surface area contributed by atoms with Gasteiger partial charge in [0, 0.05) is 16.3 Å². The van der Waals surface area contributed by atoms with Gasteiger partial charge in [-0.15, -0.1) is 11.8 Å². The molecule has 0 radical (unpaired) electrons. The monoisotopic (exact) mass is 271 g/mol. The van der Waals surface area contributed by atoms with Crippen LogP contribution in [0, 0.1) is 0 Å². The Hall–Kier alpha value is -1.41. The van der Waals surface area contributed by atoms with E-state index in [1.54, 1.807) is 0 Å². The normalized spacial score (nSPS) is 11.5. The first-order valence-corrected chi connectivity index (χ1v) is 7.52. The molecule has 2 rings (SSSR count). The molecular weight excluding hydrogens is 250 g/mol. The lowest BCUT2D eigenvalue weighted by molar-refractivity contribution is 0.590. The molecule has 2 N–H and O–H groups in total. The van der Waals surface area contributed by atoms with Crippen molar-refractivity contribution in [2.45, 2.75) is 36.8 Å². The van der Waals surface area contributed by atoms with Crippen LogP contribution in [0.15, 0.2) is 53.4 Å². The second-order valence-corrected chi connectivity index (χ2v) is 6.81. The first-order valence-electron chi connectivity index (χ1n) is 6.53. The van der Waals surface area contributed by atoms with Gasteiger partial charge in [0.05, 0.1) is 0 Å². The van der Waals surface area contributed by atoms with Crippen molar-refractivity contribution in [2.24, 2.45) is 0 Å². The fraction of sp³-hybridized carbons (Fsp3) is 0.294. The molecule has 1 nitrogen and oxygen atoms in total. The maximum absolute atomic E-state index is 5.95. The standard InChI is InChI=1S/C17H21NS/c1-17(2,3)14-8-10-15(11-9-14)19-12-13-6-4-5-7-16(13)18/h4-11H,12,18H2,1-3H3. The maximum atomic E-state index is 5.95. The van der Waals surface area contributed by atoms with Crippen LogP contribution in [0.3, 0.4) is 0 Å². The van der Waals surface area contributed by atoms with Crippen LogP contribution in [0.2, 0.25) is 0 Å². The smallest absolute Gasteiger partial charge is 0.0355 e. The molecule has 0 aromatic heterocycles. The average molecular weight is 271 g/mol. The summed E-state index contributed by atoms with van der Waals surface area (Å²) in [6.45, 7) is 6.71. The summed E-state index contributed by atoms with van der Waals surface area (Å²) in [7, 11) is 0. The molecule has 0 bridgehead atoms. The molecule has 0 unspecified atom stereocenters. The first-order chi connectivity index (χ1) is 8.97. The summed E-state index contributed by atoms with van der Waals surface area (Å²) < 4.78 is 0. The lowest BCUT2D eigenvalue weighted by atomic mass is 9.87. The van der Waals surface area contributed by atoms with Crippen LogP contribution < -0.4 is 5.73 Å². The van der Waals surface area contributed by atoms with Crippen molar-refractivity contribution in [2.75, 3.05) is 5.73 Å². The largest absolute Gasteiger partial charge is 0.398 e. The lowest BCUT2D eigenvalue weighted by Gasteiger charge is -2.19. The average Bonchev–Trinajstić information content (AvgIpc) is 2.37. The number of rotatable bonds is 3. The molecule has 2 aromatic carbocycles. The second-order valence-electron chi connectivity index (χ2n) is 5.76. The van der Waals surface area contributed by atoms with Crippen LogP contribution in [0.5, 0.6) is 0 Å². The Balaban J connectivity index is 2.03. The van der Waals surface area contributed by atoms with Gasteiger partial charge in [0.25, 0.3) is 0 Å². The van der Waals surface area contributed by atoms with E-state index in [1.165, 1.54) is 16.0 Å². The van der Waals surface area contributed by atoms with Gasteiger partial charge >= 0.3 is 0 Å². The van der Waals surface area contributed by atoms with E-state index in [2.05, 4.69) is 51.1 Å². The molecule has 19 heavy (non-hydrogen) atoms. The lowest BCUT2D eigenvalue weighted by Crippen LogP contribution is -2.10. The summed E-state index contributed by atoms with van der Waals surface area (Å²) >= 11 is 1.83. The second kappa shape index (κ2) is 5.70. The first kappa shape index (κ1) is 14.0. The van der Waals surface area contributed by atoms with Crippen molar-refractivity contribution >= 4 is 17.4 Å². The number of nitrogen functional groups attached to an aromatic ring is 1. The number of benzene rings is 2. The van der Waals surface area contributed by atoms with E-state index in [0.29, 0.717) is 0 Å². The highest BCUT2D eigenvalue weighted by molar-refractivity contribution is 7.98. The van der Waals surface area contributed by atoms with Gasteiger partial charge in [-0.2, -0.15) is 0 Å². The van der Waals surface area contributed by atoms with Crippen LogP contribution in [0.1, 0.15) is 31.9 Å². The molecular formula is C17H21NS. The Labute approximate surface area is 120 Å². The maximum Gasteiger partial charge on any atom is 0.0355 e. The van der Waals surface area contributed by atoms with Crippen molar-refractivity contribution in [3.63, 3.8) is 0 Å². The predicted octanol–water partition coefficient (Wildman–Crippen LogP) is 4.86. The van der Waals surface area contributed by atoms with Crippen LogP contribution in [-0.2, 0) is 11.2 Å². The number of hydrogen-bond donors (Lipinski definition) is 1. The third-order valence-electron chi connectivity index (χ3n) is 3.17. The van der Waals surface area contributed by atoms with E-state index in [-0.39, 0.29) is 5.41 Å². The molecule has 0 aliphatic heterocycles. The molecule has 0 spiro atoms. The highest BCUT2D eigenvalue weighted by atomic mass is 32.2. The Morgan fingerprint density at radius 1 is 0.947 bits per heavy atom. The van der Waals surface area contributed by atoms with Gasteiger partial charge in [-0.1, -0.05) is 51.1 Å². The Kier molecular flexibility index (Phi) is 4.20. The van der Waals surface area contributed by atoms with E-state index in [4.69, 9.17) is 5.73 Å². The minimum atomic E-state index is 0.215. The fourth-order valence-corrected chi connectivity index (χ4v) is 2.79. The van der Waals surface area contributed by atoms with Gasteiger partial charge in [-0.3, -0.25) is 0 Å². The molecule has 0 aliphatic rings. The molecule has 0 saturated carbocycles. The van der Waals surface area contributed by atoms with Gasteiger partial charge in [0.15, 0.2) is 0 Å². The van der Waals surface area contributed by atoms with E-state index in [1.807, 2.05) is 30.0 Å². The number of thioether (sulfide) groups is 1. The van der Waals surface area contributed by atoms with Crippen LogP contribution in [0.25, 0.3) is 0 Å². The molecule has 0 amide bonds. The number of nitrogens with two attached hydrogens (primary N) is 1. The highest BCUT2D eigenvalue weighted by Crippen LogP contribution is 2.28. The van der Waals surface area contributed by atoms with Gasteiger partial charge in [-0.25, -0.2) is 0 Å². The predicted molar refractivity (Wildman–Crippen MR) is 85.6 cm³/mol. The topological polar surface area (TPSA) is 26.0 Å². The molecule has 0 aliphatic carbocycles. The minimum absolute atomic E-state index is 0.215. The number of anilines is 1. The van der Waals surface area contributed by atoms with Gasteiger partial charge in [0.2, 0.25) is 0 Å². The summed E-state index contributed by atoms with van der Waals surface area (Å²) in [5.41, 5.74) is 9.62. The van der Waals surface area contributed by atoms with E-state index in [0.717, 1.165) is 11.4 Å². The zero-order chi connectivity index (χ0) is 13.9. The van der Waals surface area contributed by atoms with Crippen molar-refractivity contribution in [1.29, 1.82) is 0 Å². The van der Waals surface area contributed by atoms with Gasteiger partial charge in [-0.05, 0) is 34.7 Å². The van der Waals surface area contributed by atoms with Crippen LogP contribution in [0.4, 0.5) is 5.69 Å². The van der Waals surface area contributed by atoms with Crippen molar-refractivity contribution in [3.05, 3.63) is 59.7 Å². The Morgan fingerprint density at radius 2 is 1.58 bits per heavy atom. The SMILES string of the molecule is CC(C)(C)c1ccc(SCc2ccccc2N)cc1.